The first kappa shape index (κ1) is 19.4. The molecule has 1 unspecified atom stereocenters. The van der Waals surface area contributed by atoms with Crippen molar-refractivity contribution >= 4 is 23.4 Å². The van der Waals surface area contributed by atoms with Crippen molar-refractivity contribution in [2.24, 2.45) is 5.92 Å². The maximum atomic E-state index is 12.6. The van der Waals surface area contributed by atoms with Gasteiger partial charge < -0.3 is 20.3 Å². The topological polar surface area (TPSA) is 87.7 Å². The van der Waals surface area contributed by atoms with Gasteiger partial charge >= 0.3 is 0 Å². The Morgan fingerprint density at radius 3 is 2.56 bits per heavy atom. The Morgan fingerprint density at radius 1 is 1.15 bits per heavy atom. The minimum atomic E-state index is -0.215. The molecule has 2 fully saturated rings. The number of carbonyl (C=O) groups excluding carboxylic acids is 3. The van der Waals surface area contributed by atoms with Gasteiger partial charge in [0.25, 0.3) is 5.91 Å². The molecule has 3 rings (SSSR count). The van der Waals surface area contributed by atoms with Gasteiger partial charge in [-0.3, -0.25) is 14.4 Å². The van der Waals surface area contributed by atoms with Crippen LogP contribution >= 0.6 is 0 Å². The summed E-state index contributed by atoms with van der Waals surface area (Å²) in [5.74, 6) is -0.420. The minimum absolute atomic E-state index is 0.0436. The van der Waals surface area contributed by atoms with Gasteiger partial charge in [-0.1, -0.05) is 12.1 Å². The first-order chi connectivity index (χ1) is 13.0. The summed E-state index contributed by atoms with van der Waals surface area (Å²) in [5.41, 5.74) is 0.964. The van der Waals surface area contributed by atoms with Crippen molar-refractivity contribution in [3.05, 3.63) is 29.8 Å². The number of para-hydroxylation sites is 1. The predicted octanol–water partition coefficient (Wildman–Crippen LogP) is 1.79. The maximum absolute atomic E-state index is 12.6. The number of benzene rings is 1. The summed E-state index contributed by atoms with van der Waals surface area (Å²) in [6.07, 6.45) is 3.33. The Labute approximate surface area is 159 Å². The van der Waals surface area contributed by atoms with E-state index < -0.39 is 0 Å². The van der Waals surface area contributed by atoms with Gasteiger partial charge in [-0.25, -0.2) is 0 Å². The van der Waals surface area contributed by atoms with E-state index in [1.807, 2.05) is 0 Å². The zero-order valence-electron chi connectivity index (χ0n) is 15.7. The first-order valence-corrected chi connectivity index (χ1v) is 9.60. The van der Waals surface area contributed by atoms with Gasteiger partial charge in [0.15, 0.2) is 0 Å². The Balaban J connectivity index is 1.57. The molecule has 0 saturated carbocycles. The van der Waals surface area contributed by atoms with Crippen molar-refractivity contribution in [3.63, 3.8) is 0 Å². The summed E-state index contributed by atoms with van der Waals surface area (Å²) < 4.78 is 5.53. The highest BCUT2D eigenvalue weighted by atomic mass is 16.5. The van der Waals surface area contributed by atoms with Gasteiger partial charge in [-0.2, -0.15) is 0 Å². The number of piperidine rings is 1. The molecule has 1 atom stereocenters. The van der Waals surface area contributed by atoms with Crippen molar-refractivity contribution in [2.75, 3.05) is 31.6 Å². The second-order valence-corrected chi connectivity index (χ2v) is 7.16. The number of anilines is 1. The molecule has 7 heteroatoms. The normalized spacial score (nSPS) is 20.3. The van der Waals surface area contributed by atoms with Gasteiger partial charge in [-0.05, 0) is 37.8 Å². The van der Waals surface area contributed by atoms with Gasteiger partial charge in [0.2, 0.25) is 11.8 Å². The lowest BCUT2D eigenvalue weighted by atomic mass is 9.95. The second-order valence-electron chi connectivity index (χ2n) is 7.16. The van der Waals surface area contributed by atoms with Crippen LogP contribution in [0.25, 0.3) is 0 Å². The zero-order valence-corrected chi connectivity index (χ0v) is 15.7. The molecule has 3 amide bonds. The smallest absolute Gasteiger partial charge is 0.253 e. The van der Waals surface area contributed by atoms with E-state index in [1.54, 1.807) is 36.1 Å². The number of ether oxygens (including phenoxy) is 1. The molecule has 2 N–H and O–H groups in total. The van der Waals surface area contributed by atoms with Crippen LogP contribution in [-0.2, 0) is 14.3 Å². The van der Waals surface area contributed by atoms with Gasteiger partial charge in [0.1, 0.15) is 0 Å². The SMILES string of the molecule is CC(=O)N1CCC(C(=O)Nc2ccccc2C(=O)NCC2CCCO2)CC1. The fraction of sp³-hybridized carbons (Fsp3) is 0.550. The average Bonchev–Trinajstić information content (AvgIpc) is 3.20. The summed E-state index contributed by atoms with van der Waals surface area (Å²) in [6.45, 7) is 3.96. The van der Waals surface area contributed by atoms with Crippen LogP contribution in [0.15, 0.2) is 24.3 Å². The fourth-order valence-electron chi connectivity index (χ4n) is 3.59. The summed E-state index contributed by atoms with van der Waals surface area (Å²) in [4.78, 5) is 38.3. The Morgan fingerprint density at radius 2 is 1.89 bits per heavy atom. The van der Waals surface area contributed by atoms with E-state index in [0.29, 0.717) is 43.7 Å². The fourth-order valence-corrected chi connectivity index (χ4v) is 3.59. The molecule has 7 nitrogen and oxygen atoms in total. The van der Waals surface area contributed by atoms with Crippen LogP contribution in [0.3, 0.4) is 0 Å². The van der Waals surface area contributed by atoms with Crippen LogP contribution in [0.5, 0.6) is 0 Å². The number of hydrogen-bond acceptors (Lipinski definition) is 4. The molecule has 0 spiro atoms. The molecule has 2 heterocycles. The third-order valence-electron chi connectivity index (χ3n) is 5.25. The molecular formula is C20H27N3O4. The van der Waals surface area contributed by atoms with Gasteiger partial charge in [0.05, 0.1) is 17.4 Å². The number of hydrogen-bond donors (Lipinski definition) is 2. The minimum Gasteiger partial charge on any atom is -0.376 e. The third-order valence-corrected chi connectivity index (χ3v) is 5.25. The van der Waals surface area contributed by atoms with E-state index >= 15 is 0 Å². The molecule has 2 aliphatic rings. The molecule has 0 radical (unpaired) electrons. The van der Waals surface area contributed by atoms with Crippen LogP contribution in [0.1, 0.15) is 43.0 Å². The lowest BCUT2D eigenvalue weighted by Gasteiger charge is -2.30. The lowest BCUT2D eigenvalue weighted by Crippen LogP contribution is -2.40. The average molecular weight is 373 g/mol. The number of nitrogens with zero attached hydrogens (tertiary/aromatic N) is 1. The monoisotopic (exact) mass is 373 g/mol. The molecular weight excluding hydrogens is 346 g/mol. The summed E-state index contributed by atoms with van der Waals surface area (Å²) in [7, 11) is 0. The maximum Gasteiger partial charge on any atom is 0.253 e. The molecule has 0 aromatic heterocycles. The highest BCUT2D eigenvalue weighted by Gasteiger charge is 2.27. The van der Waals surface area contributed by atoms with Crippen LogP contribution in [-0.4, -0.2) is 55.0 Å². The standard InChI is InChI=1S/C20H27N3O4/c1-14(24)23-10-8-15(9-11-23)19(25)22-18-7-3-2-6-17(18)20(26)21-13-16-5-4-12-27-16/h2-3,6-7,15-16H,4-5,8-13H2,1H3,(H,21,26)(H,22,25). The van der Waals surface area contributed by atoms with Crippen molar-refractivity contribution < 1.29 is 19.1 Å². The molecule has 1 aromatic rings. The molecule has 0 bridgehead atoms. The van der Waals surface area contributed by atoms with E-state index in [4.69, 9.17) is 4.74 Å². The number of amides is 3. The second kappa shape index (κ2) is 8.99. The van der Waals surface area contributed by atoms with Crippen LogP contribution in [0.4, 0.5) is 5.69 Å². The number of likely N-dealkylation sites (tertiary alicyclic amines) is 1. The van der Waals surface area contributed by atoms with Crippen LogP contribution in [0, 0.1) is 5.92 Å². The molecule has 2 saturated heterocycles. The molecule has 1 aromatic carbocycles. The Hall–Kier alpha value is -2.41. The Bertz CT molecular complexity index is 692. The van der Waals surface area contributed by atoms with Crippen molar-refractivity contribution in [1.82, 2.24) is 10.2 Å². The van der Waals surface area contributed by atoms with Crippen molar-refractivity contribution in [1.29, 1.82) is 0 Å². The highest BCUT2D eigenvalue weighted by Crippen LogP contribution is 2.22. The molecule has 2 aliphatic heterocycles. The van der Waals surface area contributed by atoms with E-state index in [-0.39, 0.29) is 29.7 Å². The molecule has 0 aliphatic carbocycles. The summed E-state index contributed by atoms with van der Waals surface area (Å²) in [5, 5.41) is 5.79. The molecule has 27 heavy (non-hydrogen) atoms. The number of rotatable bonds is 5. The van der Waals surface area contributed by atoms with E-state index in [2.05, 4.69) is 10.6 Å². The van der Waals surface area contributed by atoms with E-state index in [1.165, 1.54) is 0 Å². The van der Waals surface area contributed by atoms with E-state index in [9.17, 15) is 14.4 Å². The highest BCUT2D eigenvalue weighted by molar-refractivity contribution is 6.04. The largest absolute Gasteiger partial charge is 0.376 e. The zero-order chi connectivity index (χ0) is 19.2. The summed E-state index contributed by atoms with van der Waals surface area (Å²) in [6, 6.07) is 7.02. The van der Waals surface area contributed by atoms with Gasteiger partial charge in [0, 0.05) is 39.1 Å². The lowest BCUT2D eigenvalue weighted by molar-refractivity contribution is -0.132. The van der Waals surface area contributed by atoms with Gasteiger partial charge in [-0.15, -0.1) is 0 Å². The number of nitrogens with one attached hydrogen (secondary N) is 2. The quantitative estimate of drug-likeness (QED) is 0.824. The van der Waals surface area contributed by atoms with Crippen molar-refractivity contribution in [2.45, 2.75) is 38.7 Å². The Kier molecular flexibility index (Phi) is 6.45. The van der Waals surface area contributed by atoms with E-state index in [0.717, 1.165) is 19.4 Å². The third kappa shape index (κ3) is 5.07. The first-order valence-electron chi connectivity index (χ1n) is 9.60. The van der Waals surface area contributed by atoms with Crippen LogP contribution in [0.2, 0.25) is 0 Å². The van der Waals surface area contributed by atoms with Crippen molar-refractivity contribution in [3.8, 4) is 0 Å². The predicted molar refractivity (Wildman–Crippen MR) is 101 cm³/mol. The molecule has 146 valence electrons. The summed E-state index contributed by atoms with van der Waals surface area (Å²) >= 11 is 0. The number of carbonyl (C=O) groups is 3. The van der Waals surface area contributed by atoms with Crippen LogP contribution < -0.4 is 10.6 Å².